The van der Waals surface area contributed by atoms with Crippen molar-refractivity contribution in [1.29, 1.82) is 0 Å². The van der Waals surface area contributed by atoms with Gasteiger partial charge in [0.1, 0.15) is 5.82 Å². The number of pyridine rings is 1. The number of nitrogens with one attached hydrogen (secondary N) is 2. The van der Waals surface area contributed by atoms with Gasteiger partial charge in [0.2, 0.25) is 0 Å². The topological polar surface area (TPSA) is 57.3 Å². The highest BCUT2D eigenvalue weighted by Crippen LogP contribution is 2.30. The van der Waals surface area contributed by atoms with Crippen LogP contribution in [0, 0.1) is 0 Å². The van der Waals surface area contributed by atoms with E-state index in [0.717, 1.165) is 60.2 Å². The number of rotatable bonds is 5. The molecule has 1 aromatic heterocycles. The van der Waals surface area contributed by atoms with Gasteiger partial charge in [0.15, 0.2) is 0 Å². The van der Waals surface area contributed by atoms with Gasteiger partial charge < -0.3 is 15.5 Å². The maximum Gasteiger partial charge on any atom is 0.416 e. The van der Waals surface area contributed by atoms with E-state index in [9.17, 15) is 18.0 Å². The first-order valence-electron chi connectivity index (χ1n) is 11.0. The molecule has 0 aliphatic heterocycles. The van der Waals surface area contributed by atoms with Crippen molar-refractivity contribution in [3.8, 4) is 0 Å². The molecule has 4 rings (SSSR count). The quantitative estimate of drug-likeness (QED) is 0.534. The molecule has 1 fully saturated rings. The van der Waals surface area contributed by atoms with Crippen molar-refractivity contribution in [2.75, 3.05) is 24.3 Å². The second-order valence-corrected chi connectivity index (χ2v) is 8.68. The molecule has 174 valence electrons. The van der Waals surface area contributed by atoms with Crippen molar-refractivity contribution in [2.24, 2.45) is 0 Å². The van der Waals surface area contributed by atoms with E-state index in [4.69, 9.17) is 4.98 Å². The lowest BCUT2D eigenvalue weighted by molar-refractivity contribution is -0.137. The summed E-state index contributed by atoms with van der Waals surface area (Å²) in [5, 5.41) is 7.59. The summed E-state index contributed by atoms with van der Waals surface area (Å²) in [5.41, 5.74) is 1.51. The summed E-state index contributed by atoms with van der Waals surface area (Å²) in [6.07, 6.45) is -1.10. The number of amides is 1. The number of carbonyl (C=O) groups is 1. The van der Waals surface area contributed by atoms with E-state index in [0.29, 0.717) is 0 Å². The molecule has 0 unspecified atom stereocenters. The van der Waals surface area contributed by atoms with E-state index >= 15 is 0 Å². The Bertz CT molecular complexity index is 1120. The van der Waals surface area contributed by atoms with E-state index in [-0.39, 0.29) is 23.6 Å². The van der Waals surface area contributed by atoms with Crippen LogP contribution in [0.25, 0.3) is 10.9 Å². The van der Waals surface area contributed by atoms with Crippen LogP contribution in [0.15, 0.2) is 54.6 Å². The SMILES string of the molecule is CN(C)c1cc(NC2CCC(NC(=O)c3ccc(C(F)(F)F)cc3)CC2)nc2ccccc12. The molecule has 1 aliphatic carbocycles. The molecule has 1 aliphatic rings. The van der Waals surface area contributed by atoms with Gasteiger partial charge in [0, 0.05) is 48.9 Å². The number of halogens is 3. The van der Waals surface area contributed by atoms with Gasteiger partial charge in [-0.3, -0.25) is 4.79 Å². The molecule has 5 nitrogen and oxygen atoms in total. The van der Waals surface area contributed by atoms with Crippen LogP contribution in [0.3, 0.4) is 0 Å². The Morgan fingerprint density at radius 3 is 2.24 bits per heavy atom. The first kappa shape index (κ1) is 22.9. The van der Waals surface area contributed by atoms with Gasteiger partial charge in [0.05, 0.1) is 11.1 Å². The van der Waals surface area contributed by atoms with Crippen molar-refractivity contribution in [3.05, 3.63) is 65.7 Å². The van der Waals surface area contributed by atoms with Crippen LogP contribution in [0.1, 0.15) is 41.6 Å². The van der Waals surface area contributed by atoms with Crippen LogP contribution in [0.2, 0.25) is 0 Å². The minimum absolute atomic E-state index is 0.000239. The molecule has 0 radical (unpaired) electrons. The Balaban J connectivity index is 1.34. The molecule has 2 N–H and O–H groups in total. The zero-order valence-electron chi connectivity index (χ0n) is 18.6. The Labute approximate surface area is 191 Å². The largest absolute Gasteiger partial charge is 0.416 e. The van der Waals surface area contributed by atoms with Crippen LogP contribution >= 0.6 is 0 Å². The Morgan fingerprint density at radius 2 is 1.61 bits per heavy atom. The van der Waals surface area contributed by atoms with Gasteiger partial charge in [0.25, 0.3) is 5.91 Å². The predicted octanol–water partition coefficient (Wildman–Crippen LogP) is 5.47. The molecule has 3 aromatic rings. The number of fused-ring (bicyclic) bond motifs is 1. The maximum atomic E-state index is 12.7. The lowest BCUT2D eigenvalue weighted by Gasteiger charge is -2.30. The number of alkyl halides is 3. The lowest BCUT2D eigenvalue weighted by Crippen LogP contribution is -2.40. The van der Waals surface area contributed by atoms with Gasteiger partial charge in [-0.15, -0.1) is 0 Å². The second kappa shape index (κ2) is 9.29. The van der Waals surface area contributed by atoms with Crippen molar-refractivity contribution in [2.45, 2.75) is 43.9 Å². The summed E-state index contributed by atoms with van der Waals surface area (Å²) < 4.78 is 38.1. The minimum Gasteiger partial charge on any atom is -0.377 e. The van der Waals surface area contributed by atoms with Crippen molar-refractivity contribution in [3.63, 3.8) is 0 Å². The lowest BCUT2D eigenvalue weighted by atomic mass is 9.91. The number of para-hydroxylation sites is 1. The van der Waals surface area contributed by atoms with Crippen molar-refractivity contribution >= 4 is 28.3 Å². The summed E-state index contributed by atoms with van der Waals surface area (Å²) >= 11 is 0. The van der Waals surface area contributed by atoms with Crippen molar-refractivity contribution in [1.82, 2.24) is 10.3 Å². The van der Waals surface area contributed by atoms with Crippen LogP contribution in [0.5, 0.6) is 0 Å². The van der Waals surface area contributed by atoms with E-state index in [1.54, 1.807) is 0 Å². The van der Waals surface area contributed by atoms with Crippen LogP contribution in [0.4, 0.5) is 24.7 Å². The fourth-order valence-electron chi connectivity index (χ4n) is 4.27. The second-order valence-electron chi connectivity index (χ2n) is 8.68. The molecule has 1 amide bonds. The molecule has 1 heterocycles. The Morgan fingerprint density at radius 1 is 0.970 bits per heavy atom. The highest BCUT2D eigenvalue weighted by molar-refractivity contribution is 5.94. The number of benzene rings is 2. The van der Waals surface area contributed by atoms with Gasteiger partial charge in [-0.2, -0.15) is 13.2 Å². The summed E-state index contributed by atoms with van der Waals surface area (Å²) in [4.78, 5) is 19.3. The Kier molecular flexibility index (Phi) is 6.44. The predicted molar refractivity (Wildman–Crippen MR) is 125 cm³/mol. The number of aromatic nitrogens is 1. The summed E-state index contributed by atoms with van der Waals surface area (Å²) in [5.74, 6) is 0.488. The number of nitrogens with zero attached hydrogens (tertiary/aromatic N) is 2. The molecule has 0 atom stereocenters. The summed E-state index contributed by atoms with van der Waals surface area (Å²) in [6, 6.07) is 14.7. The Hall–Kier alpha value is -3.29. The van der Waals surface area contributed by atoms with Crippen LogP contribution in [-0.4, -0.2) is 37.1 Å². The normalized spacial score (nSPS) is 18.7. The monoisotopic (exact) mass is 456 g/mol. The average Bonchev–Trinajstić information content (AvgIpc) is 2.79. The standard InChI is InChI=1S/C25H27F3N4O/c1-32(2)22-15-23(31-21-6-4-3-5-20(21)22)29-18-11-13-19(14-12-18)30-24(33)16-7-9-17(10-8-16)25(26,27)28/h3-10,15,18-19H,11-14H2,1-2H3,(H,29,31)(H,30,33). The molecular weight excluding hydrogens is 429 g/mol. The molecule has 8 heteroatoms. The first-order valence-corrected chi connectivity index (χ1v) is 11.0. The molecular formula is C25H27F3N4O. The zero-order chi connectivity index (χ0) is 23.6. The van der Waals surface area contributed by atoms with Gasteiger partial charge in [-0.1, -0.05) is 18.2 Å². The number of hydrogen-bond acceptors (Lipinski definition) is 4. The number of hydrogen-bond donors (Lipinski definition) is 2. The number of anilines is 2. The first-order chi connectivity index (χ1) is 15.7. The molecule has 0 saturated heterocycles. The van der Waals surface area contributed by atoms with Crippen LogP contribution in [-0.2, 0) is 6.18 Å². The summed E-state index contributed by atoms with van der Waals surface area (Å²) in [6.45, 7) is 0. The minimum atomic E-state index is -4.41. The van der Waals surface area contributed by atoms with E-state index < -0.39 is 11.7 Å². The van der Waals surface area contributed by atoms with Crippen molar-refractivity contribution < 1.29 is 18.0 Å². The molecule has 33 heavy (non-hydrogen) atoms. The number of carbonyl (C=O) groups excluding carboxylic acids is 1. The van der Waals surface area contributed by atoms with Crippen LogP contribution < -0.4 is 15.5 Å². The summed E-state index contributed by atoms with van der Waals surface area (Å²) in [7, 11) is 4.02. The maximum absolute atomic E-state index is 12.7. The van der Waals surface area contributed by atoms with Gasteiger partial charge in [-0.25, -0.2) is 4.98 Å². The average molecular weight is 457 g/mol. The third-order valence-electron chi connectivity index (χ3n) is 6.06. The van der Waals surface area contributed by atoms with E-state index in [1.807, 2.05) is 32.3 Å². The molecule has 0 spiro atoms. The van der Waals surface area contributed by atoms with Gasteiger partial charge >= 0.3 is 6.18 Å². The molecule has 1 saturated carbocycles. The van der Waals surface area contributed by atoms with E-state index in [2.05, 4.69) is 27.7 Å². The smallest absolute Gasteiger partial charge is 0.377 e. The molecule has 2 aromatic carbocycles. The highest BCUT2D eigenvalue weighted by atomic mass is 19.4. The third kappa shape index (κ3) is 5.38. The molecule has 0 bridgehead atoms. The van der Waals surface area contributed by atoms with E-state index in [1.165, 1.54) is 12.1 Å². The highest BCUT2D eigenvalue weighted by Gasteiger charge is 2.30. The van der Waals surface area contributed by atoms with Gasteiger partial charge in [-0.05, 0) is 56.0 Å². The fourth-order valence-corrected chi connectivity index (χ4v) is 4.27. The fraction of sp³-hybridized carbons (Fsp3) is 0.360. The zero-order valence-corrected chi connectivity index (χ0v) is 18.6. The third-order valence-corrected chi connectivity index (χ3v) is 6.06.